The molecule has 0 fully saturated rings. The van der Waals surface area contributed by atoms with Gasteiger partial charge < -0.3 is 9.64 Å². The number of benzene rings is 2. The Morgan fingerprint density at radius 1 is 1.13 bits per heavy atom. The van der Waals surface area contributed by atoms with Gasteiger partial charge in [0.1, 0.15) is 0 Å². The average Bonchev–Trinajstić information content (AvgIpc) is 2.61. The molecule has 0 saturated heterocycles. The number of hydrogen-bond acceptors (Lipinski definition) is 3. The minimum Gasteiger partial charge on any atom is -0.462 e. The summed E-state index contributed by atoms with van der Waals surface area (Å²) < 4.78 is 5.18. The van der Waals surface area contributed by atoms with Crippen molar-refractivity contribution in [1.82, 2.24) is 0 Å². The molecular weight excluding hydrogens is 288 g/mol. The van der Waals surface area contributed by atoms with E-state index in [-0.39, 0.29) is 5.97 Å². The summed E-state index contributed by atoms with van der Waals surface area (Å²) in [5, 5.41) is 0. The summed E-state index contributed by atoms with van der Waals surface area (Å²) in [6.45, 7) is 2.53. The first kappa shape index (κ1) is 16.7. The maximum atomic E-state index is 11.8. The Kier molecular flexibility index (Phi) is 6.36. The second-order valence-corrected chi connectivity index (χ2v) is 5.23. The number of rotatable bonds is 7. The van der Waals surface area contributed by atoms with Gasteiger partial charge in [-0.15, -0.1) is 0 Å². The molecule has 0 radical (unpaired) electrons. The smallest absolute Gasteiger partial charge is 0.338 e. The van der Waals surface area contributed by atoms with Crippen molar-refractivity contribution in [2.75, 3.05) is 18.6 Å². The van der Waals surface area contributed by atoms with Crippen LogP contribution in [-0.4, -0.2) is 26.0 Å². The lowest BCUT2D eigenvalue weighted by Gasteiger charge is -2.12. The minimum absolute atomic E-state index is 0.282. The normalized spacial score (nSPS) is 10.7. The first-order chi connectivity index (χ1) is 11.2. The highest BCUT2D eigenvalue weighted by Gasteiger charge is 2.06. The van der Waals surface area contributed by atoms with E-state index in [1.807, 2.05) is 54.4 Å². The number of unbranched alkanes of at least 4 members (excludes halogenated alkanes) is 1. The van der Waals surface area contributed by atoms with Gasteiger partial charge in [0.15, 0.2) is 0 Å². The number of ether oxygens (including phenoxy) is 1. The summed E-state index contributed by atoms with van der Waals surface area (Å²) in [5.41, 5.74) is 2.40. The van der Waals surface area contributed by atoms with Crippen LogP contribution in [0.5, 0.6) is 0 Å². The number of aliphatic imine (C=N–C) groups is 1. The van der Waals surface area contributed by atoms with Crippen LogP contribution in [0.2, 0.25) is 0 Å². The van der Waals surface area contributed by atoms with Gasteiger partial charge in [-0.1, -0.05) is 31.5 Å². The van der Waals surface area contributed by atoms with Gasteiger partial charge >= 0.3 is 5.97 Å². The van der Waals surface area contributed by atoms with Crippen molar-refractivity contribution in [3.63, 3.8) is 0 Å². The second-order valence-electron chi connectivity index (χ2n) is 5.23. The molecule has 0 amide bonds. The molecule has 0 aliphatic heterocycles. The monoisotopic (exact) mass is 310 g/mol. The Morgan fingerprint density at radius 2 is 1.83 bits per heavy atom. The molecule has 0 saturated carbocycles. The Balaban J connectivity index is 1.94. The summed E-state index contributed by atoms with van der Waals surface area (Å²) in [7, 11) is 1.94. The number of hydrogen-bond donors (Lipinski definition) is 0. The summed E-state index contributed by atoms with van der Waals surface area (Å²) in [5.74, 6) is -0.282. The van der Waals surface area contributed by atoms with Crippen molar-refractivity contribution in [2.24, 2.45) is 4.99 Å². The van der Waals surface area contributed by atoms with Crippen molar-refractivity contribution in [2.45, 2.75) is 19.8 Å². The van der Waals surface area contributed by atoms with Crippen molar-refractivity contribution >= 4 is 23.7 Å². The van der Waals surface area contributed by atoms with Crippen LogP contribution in [0.25, 0.3) is 0 Å². The third-order valence-electron chi connectivity index (χ3n) is 3.38. The van der Waals surface area contributed by atoms with Crippen molar-refractivity contribution < 1.29 is 9.53 Å². The molecule has 0 bridgehead atoms. The Bertz CT molecular complexity index is 636. The topological polar surface area (TPSA) is 41.9 Å². The molecule has 0 spiro atoms. The Hall–Kier alpha value is -2.62. The van der Waals surface area contributed by atoms with Gasteiger partial charge in [0, 0.05) is 12.7 Å². The van der Waals surface area contributed by atoms with Crippen LogP contribution >= 0.6 is 0 Å². The van der Waals surface area contributed by atoms with Crippen LogP contribution in [0.4, 0.5) is 11.4 Å². The van der Waals surface area contributed by atoms with E-state index < -0.39 is 0 Å². The van der Waals surface area contributed by atoms with Crippen LogP contribution in [0.1, 0.15) is 30.1 Å². The van der Waals surface area contributed by atoms with Crippen LogP contribution < -0.4 is 4.90 Å². The lowest BCUT2D eigenvalue weighted by Crippen LogP contribution is -2.13. The van der Waals surface area contributed by atoms with Crippen LogP contribution in [0.3, 0.4) is 0 Å². The van der Waals surface area contributed by atoms with Gasteiger partial charge in [-0.05, 0) is 42.8 Å². The van der Waals surface area contributed by atoms with Crippen LogP contribution in [0, 0.1) is 0 Å². The quantitative estimate of drug-likeness (QED) is 0.328. The molecule has 0 unspecified atom stereocenters. The fourth-order valence-electron chi connectivity index (χ4n) is 1.96. The Morgan fingerprint density at radius 3 is 2.48 bits per heavy atom. The SMILES string of the molecule is CCCCOC(=O)c1ccc(/N=C\N(C)c2ccccc2)cc1. The second kappa shape index (κ2) is 8.73. The van der Waals surface area contributed by atoms with Crippen molar-refractivity contribution in [1.29, 1.82) is 0 Å². The number of anilines is 1. The molecule has 0 atom stereocenters. The van der Waals surface area contributed by atoms with Gasteiger partial charge in [-0.2, -0.15) is 0 Å². The molecule has 4 heteroatoms. The van der Waals surface area contributed by atoms with E-state index in [1.165, 1.54) is 0 Å². The van der Waals surface area contributed by atoms with Crippen molar-refractivity contribution in [3.05, 3.63) is 60.2 Å². The first-order valence-corrected chi connectivity index (χ1v) is 7.80. The molecule has 0 N–H and O–H groups in total. The third kappa shape index (κ3) is 5.25. The number of carbonyl (C=O) groups excluding carboxylic acids is 1. The molecule has 2 rings (SSSR count). The van der Waals surface area contributed by atoms with Gasteiger partial charge in [0.05, 0.1) is 24.2 Å². The summed E-state index contributed by atoms with van der Waals surface area (Å²) in [6, 6.07) is 17.1. The number of carbonyl (C=O) groups is 1. The highest BCUT2D eigenvalue weighted by molar-refractivity contribution is 5.90. The van der Waals surface area contributed by atoms with Gasteiger partial charge in [0.25, 0.3) is 0 Å². The molecule has 4 nitrogen and oxygen atoms in total. The summed E-state index contributed by atoms with van der Waals surface area (Å²) >= 11 is 0. The van der Waals surface area contributed by atoms with Gasteiger partial charge in [0.2, 0.25) is 0 Å². The molecule has 2 aromatic rings. The molecular formula is C19H22N2O2. The molecule has 0 heterocycles. The van der Waals surface area contributed by atoms with E-state index in [1.54, 1.807) is 18.5 Å². The molecule has 0 aliphatic carbocycles. The lowest BCUT2D eigenvalue weighted by atomic mass is 10.2. The first-order valence-electron chi connectivity index (χ1n) is 7.80. The average molecular weight is 310 g/mol. The summed E-state index contributed by atoms with van der Waals surface area (Å²) in [6.07, 6.45) is 3.65. The summed E-state index contributed by atoms with van der Waals surface area (Å²) in [4.78, 5) is 18.2. The Labute approximate surface area is 137 Å². The number of esters is 1. The fraction of sp³-hybridized carbons (Fsp3) is 0.263. The standard InChI is InChI=1S/C19H22N2O2/c1-3-4-14-23-19(22)16-10-12-17(13-11-16)20-15-21(2)18-8-6-5-7-9-18/h5-13,15H,3-4,14H2,1-2H3/b20-15-. The van der Waals surface area contributed by atoms with Gasteiger partial charge in [-0.3, -0.25) is 0 Å². The van der Waals surface area contributed by atoms with Gasteiger partial charge in [-0.25, -0.2) is 9.79 Å². The van der Waals surface area contributed by atoms with E-state index in [4.69, 9.17) is 4.74 Å². The number of nitrogens with zero attached hydrogens (tertiary/aromatic N) is 2. The zero-order valence-corrected chi connectivity index (χ0v) is 13.6. The van der Waals surface area contributed by atoms with E-state index in [2.05, 4.69) is 11.9 Å². The molecule has 2 aromatic carbocycles. The maximum Gasteiger partial charge on any atom is 0.338 e. The highest BCUT2D eigenvalue weighted by Crippen LogP contribution is 2.15. The molecule has 120 valence electrons. The third-order valence-corrected chi connectivity index (χ3v) is 3.38. The molecule has 0 aromatic heterocycles. The zero-order chi connectivity index (χ0) is 16.5. The molecule has 23 heavy (non-hydrogen) atoms. The largest absolute Gasteiger partial charge is 0.462 e. The maximum absolute atomic E-state index is 11.8. The zero-order valence-electron chi connectivity index (χ0n) is 13.6. The predicted molar refractivity (Wildman–Crippen MR) is 94.6 cm³/mol. The van der Waals surface area contributed by atoms with Crippen molar-refractivity contribution in [3.8, 4) is 0 Å². The van der Waals surface area contributed by atoms with Crippen LogP contribution in [0.15, 0.2) is 59.6 Å². The van der Waals surface area contributed by atoms with E-state index >= 15 is 0 Å². The minimum atomic E-state index is -0.282. The van der Waals surface area contributed by atoms with E-state index in [9.17, 15) is 4.79 Å². The predicted octanol–water partition coefficient (Wildman–Crippen LogP) is 4.44. The highest BCUT2D eigenvalue weighted by atomic mass is 16.5. The van der Waals surface area contributed by atoms with Crippen LogP contribution in [-0.2, 0) is 4.74 Å². The molecule has 0 aliphatic rings. The lowest BCUT2D eigenvalue weighted by molar-refractivity contribution is 0.0500. The van der Waals surface area contributed by atoms with E-state index in [0.29, 0.717) is 12.2 Å². The van der Waals surface area contributed by atoms with E-state index in [0.717, 1.165) is 24.2 Å². The number of para-hydroxylation sites is 1. The fourth-order valence-corrected chi connectivity index (χ4v) is 1.96.